The maximum absolute atomic E-state index is 8.91. The fourth-order valence-corrected chi connectivity index (χ4v) is 0. The van der Waals surface area contributed by atoms with Gasteiger partial charge in [-0.05, 0) is 0 Å². The van der Waals surface area contributed by atoms with E-state index in [0.29, 0.717) is 0 Å². The molecule has 0 rings (SSSR count). The minimum atomic E-state index is -4.86. The predicted octanol–water partition coefficient (Wildman–Crippen LogP) is -6.24. The summed E-state index contributed by atoms with van der Waals surface area (Å²) in [5, 5.41) is 0. The van der Waals surface area contributed by atoms with Crippen LogP contribution in [0.4, 0.5) is 0 Å². The normalized spacial score (nSPS) is 10.0. The average Bonchev–Trinajstić information content (AvgIpc) is 0.722. The number of rotatable bonds is 0. The zero-order valence-corrected chi connectivity index (χ0v) is 7.37. The number of hydrogen-bond acceptors (Lipinski definition) is 4. The Balaban J connectivity index is 0. The third-order valence-electron chi connectivity index (χ3n) is 0. The first-order valence-electron chi connectivity index (χ1n) is 0.875. The Morgan fingerprint density at radius 3 is 1.17 bits per heavy atom. The molecule has 0 unspecified atom stereocenters. The zero-order chi connectivity index (χ0) is 4.50. The minimum Gasteiger partial charge on any atom is -0.794 e. The van der Waals surface area contributed by atoms with Gasteiger partial charge in [-0.15, -0.1) is 0 Å². The van der Waals surface area contributed by atoms with Crippen LogP contribution in [0.1, 0.15) is 0 Å². The van der Waals surface area contributed by atoms with E-state index in [1.807, 2.05) is 0 Å². The van der Waals surface area contributed by atoms with E-state index in [9.17, 15) is 0 Å². The van der Waals surface area contributed by atoms with E-state index in [1.165, 1.54) is 0 Å². The van der Waals surface area contributed by atoms with Gasteiger partial charge in [0.25, 0.3) is 0 Å². The molecule has 4 nitrogen and oxygen atoms in total. The van der Waals surface area contributed by atoms with E-state index >= 15 is 0 Å². The molecule has 0 aromatic carbocycles. The maximum atomic E-state index is 8.91. The van der Waals surface area contributed by atoms with E-state index in [0.717, 1.165) is 0 Å². The fourth-order valence-electron chi connectivity index (χ4n) is 0. The van der Waals surface area contributed by atoms with E-state index in [4.69, 9.17) is 19.2 Å². The van der Waals surface area contributed by atoms with Gasteiger partial charge in [-0.1, -0.05) is 0 Å². The molecular weight excluding hydrogens is 131 g/mol. The Bertz CT molecular complexity index is 23.0. The molecule has 0 aliphatic rings. The van der Waals surface area contributed by atoms with Crippen LogP contribution in [-0.4, -0.2) is 23.4 Å². The quantitative estimate of drug-likeness (QED) is 0.288. The van der Waals surface area contributed by atoms with Crippen molar-refractivity contribution >= 4 is 9.05 Å². The molecule has 0 amide bonds. The molecule has 0 heterocycles. The molecule has 0 aromatic rings. The topological polar surface area (TPSA) is 83.8 Å². The molecule has 0 aromatic heterocycles. The Labute approximate surface area is 78.3 Å². The molecule has 0 bridgehead atoms. The van der Waals surface area contributed by atoms with Crippen LogP contribution < -0.4 is 56.2 Å². The van der Waals surface area contributed by atoms with Crippen LogP contribution >= 0.6 is 0 Å². The molecule has 32 valence electrons. The molecule has 6 heavy (non-hydrogen) atoms. The molecule has 0 saturated heterocycles. The Morgan fingerprint density at radius 1 is 1.17 bits per heavy atom. The van der Waals surface area contributed by atoms with Gasteiger partial charge in [-0.25, -0.2) is 0 Å². The first-order chi connectivity index (χ1) is 2.00. The summed E-state index contributed by atoms with van der Waals surface area (Å²) in [5.74, 6) is 0. The van der Waals surface area contributed by atoms with Gasteiger partial charge >= 0.3 is 60.4 Å². The summed E-state index contributed by atoms with van der Waals surface area (Å²) in [6, 6.07) is 0. The molecule has 0 atom stereocenters. The van der Waals surface area contributed by atoms with Crippen molar-refractivity contribution in [1.82, 2.24) is 0 Å². The van der Waals surface area contributed by atoms with Crippen LogP contribution in [0.2, 0.25) is 0 Å². The van der Waals surface area contributed by atoms with Gasteiger partial charge in [0.05, 0.1) is 0 Å². The van der Waals surface area contributed by atoms with E-state index < -0.39 is 9.05 Å². The van der Waals surface area contributed by atoms with Gasteiger partial charge in [0.1, 0.15) is 0 Å². The summed E-state index contributed by atoms with van der Waals surface area (Å²) in [7, 11) is -4.86. The zero-order valence-electron chi connectivity index (χ0n) is 3.25. The van der Waals surface area contributed by atoms with Gasteiger partial charge in [0, 0.05) is 0 Å². The molecule has 0 saturated carbocycles. The van der Waals surface area contributed by atoms with Gasteiger partial charge < -0.3 is 19.2 Å². The minimum absolute atomic E-state index is 0. The van der Waals surface area contributed by atoms with Crippen molar-refractivity contribution in [1.29, 1.82) is 0 Å². The third kappa shape index (κ3) is 43.7. The molecule has 0 radical (unpaired) electrons. The van der Waals surface area contributed by atoms with Gasteiger partial charge in [-0.2, -0.15) is 0 Å². The van der Waals surface area contributed by atoms with Crippen LogP contribution in [-0.2, 0) is 0 Å². The summed E-state index contributed by atoms with van der Waals surface area (Å²) in [5.41, 5.74) is 0. The smallest absolute Gasteiger partial charge is 0.794 e. The Kier molecular flexibility index (Phi) is 6.50. The largest absolute Gasteiger partial charge is 1.00 e. The van der Waals surface area contributed by atoms with Crippen molar-refractivity contribution in [2.75, 3.05) is 0 Å². The molecule has 0 fully saturated rings. The molecule has 0 aliphatic carbocycles. The molecule has 3 N–H and O–H groups in total. The van der Waals surface area contributed by atoms with E-state index in [1.54, 1.807) is 0 Å². The van der Waals surface area contributed by atoms with Gasteiger partial charge in [-0.3, -0.25) is 0 Å². The van der Waals surface area contributed by atoms with Gasteiger partial charge in [0.15, 0.2) is 0 Å². The molecule has 6 heteroatoms. The summed E-state index contributed by atoms with van der Waals surface area (Å²) >= 11 is 0. The maximum Gasteiger partial charge on any atom is 1.00 e. The standard InChI is InChI=1S/K.H3O4Si/c;1-5(2,3)4/h;1-3H/q+1;-1. The summed E-state index contributed by atoms with van der Waals surface area (Å²) in [6.45, 7) is 0. The van der Waals surface area contributed by atoms with Crippen molar-refractivity contribution in [3.8, 4) is 0 Å². The fraction of sp³-hybridized carbons (Fsp3) is 0. The van der Waals surface area contributed by atoms with Crippen LogP contribution in [0, 0.1) is 0 Å². The van der Waals surface area contributed by atoms with Crippen molar-refractivity contribution in [3.63, 3.8) is 0 Å². The van der Waals surface area contributed by atoms with Crippen molar-refractivity contribution in [3.05, 3.63) is 0 Å². The van der Waals surface area contributed by atoms with Crippen LogP contribution in [0.15, 0.2) is 0 Å². The molecular formula is H3KO4Si. The Hall–Kier alpha value is 1.69. The van der Waals surface area contributed by atoms with Gasteiger partial charge in [0.2, 0.25) is 0 Å². The Morgan fingerprint density at radius 2 is 1.17 bits per heavy atom. The average molecular weight is 134 g/mol. The van der Waals surface area contributed by atoms with Crippen molar-refractivity contribution < 1.29 is 70.6 Å². The molecule has 0 spiro atoms. The first-order valence-corrected chi connectivity index (χ1v) is 2.62. The van der Waals surface area contributed by atoms with E-state index in [2.05, 4.69) is 0 Å². The monoisotopic (exact) mass is 134 g/mol. The van der Waals surface area contributed by atoms with E-state index in [-0.39, 0.29) is 51.4 Å². The molecule has 0 aliphatic heterocycles. The third-order valence-corrected chi connectivity index (χ3v) is 0. The summed E-state index contributed by atoms with van der Waals surface area (Å²) < 4.78 is 0. The summed E-state index contributed by atoms with van der Waals surface area (Å²) in [6.07, 6.45) is 0. The SMILES string of the molecule is [K+].[O-][Si](O)(O)O. The second-order valence-corrected chi connectivity index (χ2v) is 1.72. The van der Waals surface area contributed by atoms with Crippen LogP contribution in [0.3, 0.4) is 0 Å². The van der Waals surface area contributed by atoms with Crippen LogP contribution in [0.5, 0.6) is 0 Å². The van der Waals surface area contributed by atoms with Crippen LogP contribution in [0.25, 0.3) is 0 Å². The second kappa shape index (κ2) is 3.67. The predicted molar refractivity (Wildman–Crippen MR) is 12.4 cm³/mol. The van der Waals surface area contributed by atoms with Crippen molar-refractivity contribution in [2.45, 2.75) is 0 Å². The first kappa shape index (κ1) is 10.6. The second-order valence-electron chi connectivity index (χ2n) is 0.574. The summed E-state index contributed by atoms with van der Waals surface area (Å²) in [4.78, 5) is 30.6. The van der Waals surface area contributed by atoms with Crippen molar-refractivity contribution in [2.24, 2.45) is 0 Å². The number of hydrogen-bond donors (Lipinski definition) is 3.